The van der Waals surface area contributed by atoms with Gasteiger partial charge < -0.3 is 10.1 Å². The second kappa shape index (κ2) is 6.21. The summed E-state index contributed by atoms with van der Waals surface area (Å²) in [5, 5.41) is 3.83. The first kappa shape index (κ1) is 15.0. The summed E-state index contributed by atoms with van der Waals surface area (Å²) in [5.41, 5.74) is 0.627. The van der Waals surface area contributed by atoms with E-state index in [1.54, 1.807) is 6.92 Å². The number of esters is 1. The summed E-state index contributed by atoms with van der Waals surface area (Å²) in [4.78, 5) is 11.7. The Morgan fingerprint density at radius 2 is 1.89 bits per heavy atom. The number of carbonyl (C=O) groups excluding carboxylic acids is 1. The number of ether oxygens (including phenoxy) is 1. The van der Waals surface area contributed by atoms with Crippen LogP contribution in [0.1, 0.15) is 33.3 Å². The summed E-state index contributed by atoms with van der Waals surface area (Å²) in [6, 6.07) is 7.18. The minimum absolute atomic E-state index is 0.239. The molecule has 0 fully saturated rings. The third kappa shape index (κ3) is 5.52. The van der Waals surface area contributed by atoms with E-state index < -0.39 is 5.60 Å². The lowest BCUT2D eigenvalue weighted by atomic mass is 10.2. The molecule has 0 unspecified atom stereocenters. The van der Waals surface area contributed by atoms with Gasteiger partial charge in [0.1, 0.15) is 11.6 Å². The molecule has 0 spiro atoms. The molecular formula is C14H20ClNO2. The van der Waals surface area contributed by atoms with Crippen LogP contribution in [-0.4, -0.2) is 17.6 Å². The topological polar surface area (TPSA) is 38.3 Å². The maximum absolute atomic E-state index is 11.7. The normalized spacial score (nSPS) is 13.2. The van der Waals surface area contributed by atoms with Crippen molar-refractivity contribution >= 4 is 17.6 Å². The molecule has 1 rings (SSSR count). The van der Waals surface area contributed by atoms with E-state index in [1.807, 2.05) is 45.0 Å². The highest BCUT2D eigenvalue weighted by molar-refractivity contribution is 6.30. The van der Waals surface area contributed by atoms with E-state index in [0.717, 1.165) is 5.56 Å². The molecule has 0 saturated carbocycles. The van der Waals surface area contributed by atoms with Crippen molar-refractivity contribution in [1.29, 1.82) is 0 Å². The van der Waals surface area contributed by atoms with Crippen LogP contribution in [0.5, 0.6) is 0 Å². The Balaban J connectivity index is 2.43. The van der Waals surface area contributed by atoms with Gasteiger partial charge in [-0.1, -0.05) is 23.7 Å². The van der Waals surface area contributed by atoms with E-state index in [4.69, 9.17) is 16.3 Å². The highest BCUT2D eigenvalue weighted by Gasteiger charge is 2.21. The molecular weight excluding hydrogens is 250 g/mol. The number of halogens is 1. The fourth-order valence-electron chi connectivity index (χ4n) is 1.35. The molecule has 0 aliphatic carbocycles. The first-order chi connectivity index (χ1) is 8.28. The van der Waals surface area contributed by atoms with Crippen molar-refractivity contribution in [3.8, 4) is 0 Å². The molecule has 0 bridgehead atoms. The predicted octanol–water partition coefficient (Wildman–Crippen LogP) is 3.16. The van der Waals surface area contributed by atoms with Crippen LogP contribution in [0.3, 0.4) is 0 Å². The van der Waals surface area contributed by atoms with E-state index in [2.05, 4.69) is 5.32 Å². The minimum atomic E-state index is -0.451. The molecule has 0 heterocycles. The lowest BCUT2D eigenvalue weighted by Crippen LogP contribution is -2.38. The van der Waals surface area contributed by atoms with Crippen molar-refractivity contribution in [2.45, 2.75) is 45.9 Å². The van der Waals surface area contributed by atoms with Crippen molar-refractivity contribution < 1.29 is 9.53 Å². The van der Waals surface area contributed by atoms with Gasteiger partial charge in [0.25, 0.3) is 0 Å². The van der Waals surface area contributed by atoms with Crippen LogP contribution >= 0.6 is 11.6 Å². The monoisotopic (exact) mass is 269 g/mol. The van der Waals surface area contributed by atoms with E-state index in [-0.39, 0.29) is 12.0 Å². The van der Waals surface area contributed by atoms with E-state index >= 15 is 0 Å². The minimum Gasteiger partial charge on any atom is -0.459 e. The zero-order valence-corrected chi connectivity index (χ0v) is 12.0. The van der Waals surface area contributed by atoms with Crippen LogP contribution in [0.4, 0.5) is 0 Å². The standard InChI is InChI=1S/C14H20ClNO2/c1-10(13(17)18-14(2,3)4)16-9-11-5-7-12(15)8-6-11/h5-8,10,16H,9H2,1-4H3/t10-/m0/s1. The van der Waals surface area contributed by atoms with Gasteiger partial charge in [0, 0.05) is 11.6 Å². The Labute approximate surface area is 113 Å². The van der Waals surface area contributed by atoms with Crippen molar-refractivity contribution in [3.63, 3.8) is 0 Å². The first-order valence-electron chi connectivity index (χ1n) is 5.98. The predicted molar refractivity (Wildman–Crippen MR) is 73.6 cm³/mol. The summed E-state index contributed by atoms with van der Waals surface area (Å²) in [6.45, 7) is 7.98. The summed E-state index contributed by atoms with van der Waals surface area (Å²) in [5.74, 6) is -0.239. The first-order valence-corrected chi connectivity index (χ1v) is 6.36. The Hall–Kier alpha value is -1.06. The molecule has 0 aliphatic rings. The lowest BCUT2D eigenvalue weighted by Gasteiger charge is -2.22. The highest BCUT2D eigenvalue weighted by Crippen LogP contribution is 2.10. The molecule has 0 aliphatic heterocycles. The molecule has 1 aromatic rings. The smallest absolute Gasteiger partial charge is 0.323 e. The average molecular weight is 270 g/mol. The summed E-state index contributed by atoms with van der Waals surface area (Å²) in [7, 11) is 0. The molecule has 0 radical (unpaired) electrons. The number of nitrogens with one attached hydrogen (secondary N) is 1. The van der Waals surface area contributed by atoms with E-state index in [1.165, 1.54) is 0 Å². The maximum atomic E-state index is 11.7. The molecule has 1 atom stereocenters. The van der Waals surface area contributed by atoms with Crippen LogP contribution in [0.2, 0.25) is 5.02 Å². The van der Waals surface area contributed by atoms with Crippen molar-refractivity contribution in [2.24, 2.45) is 0 Å². The van der Waals surface area contributed by atoms with Gasteiger partial charge in [-0.15, -0.1) is 0 Å². The zero-order valence-electron chi connectivity index (χ0n) is 11.3. The lowest BCUT2D eigenvalue weighted by molar-refractivity contribution is -0.157. The molecule has 100 valence electrons. The Kier molecular flexibility index (Phi) is 5.17. The van der Waals surface area contributed by atoms with Crippen LogP contribution in [0.15, 0.2) is 24.3 Å². The highest BCUT2D eigenvalue weighted by atomic mass is 35.5. The molecule has 0 amide bonds. The molecule has 3 nitrogen and oxygen atoms in total. The number of benzene rings is 1. The SMILES string of the molecule is C[C@H](NCc1ccc(Cl)cc1)C(=O)OC(C)(C)C. The van der Waals surface area contributed by atoms with Gasteiger partial charge in [-0.3, -0.25) is 4.79 Å². The third-order valence-electron chi connectivity index (χ3n) is 2.29. The fourth-order valence-corrected chi connectivity index (χ4v) is 1.47. The summed E-state index contributed by atoms with van der Waals surface area (Å²) < 4.78 is 5.28. The summed E-state index contributed by atoms with van der Waals surface area (Å²) in [6.07, 6.45) is 0. The summed E-state index contributed by atoms with van der Waals surface area (Å²) >= 11 is 5.80. The second-order valence-electron chi connectivity index (χ2n) is 5.26. The average Bonchev–Trinajstić information content (AvgIpc) is 2.25. The Morgan fingerprint density at radius 3 is 2.39 bits per heavy atom. The number of carbonyl (C=O) groups is 1. The zero-order chi connectivity index (χ0) is 13.8. The van der Waals surface area contributed by atoms with Gasteiger partial charge in [-0.05, 0) is 45.4 Å². The van der Waals surface area contributed by atoms with Crippen LogP contribution in [0.25, 0.3) is 0 Å². The van der Waals surface area contributed by atoms with Crippen LogP contribution in [0, 0.1) is 0 Å². The molecule has 4 heteroatoms. The van der Waals surface area contributed by atoms with Gasteiger partial charge in [0.2, 0.25) is 0 Å². The van der Waals surface area contributed by atoms with Crippen molar-refractivity contribution in [3.05, 3.63) is 34.9 Å². The molecule has 0 saturated heterocycles. The molecule has 18 heavy (non-hydrogen) atoms. The van der Waals surface area contributed by atoms with Crippen molar-refractivity contribution in [2.75, 3.05) is 0 Å². The van der Waals surface area contributed by atoms with Crippen molar-refractivity contribution in [1.82, 2.24) is 5.32 Å². The van der Waals surface area contributed by atoms with Crippen LogP contribution < -0.4 is 5.32 Å². The maximum Gasteiger partial charge on any atom is 0.323 e. The van der Waals surface area contributed by atoms with Gasteiger partial charge in [-0.2, -0.15) is 0 Å². The molecule has 0 aromatic heterocycles. The fraction of sp³-hybridized carbons (Fsp3) is 0.500. The van der Waals surface area contributed by atoms with Crippen LogP contribution in [-0.2, 0) is 16.1 Å². The van der Waals surface area contributed by atoms with E-state index in [9.17, 15) is 4.79 Å². The molecule has 1 N–H and O–H groups in total. The number of hydrogen-bond donors (Lipinski definition) is 1. The van der Waals surface area contributed by atoms with Gasteiger partial charge in [0.15, 0.2) is 0 Å². The Morgan fingerprint density at radius 1 is 1.33 bits per heavy atom. The quantitative estimate of drug-likeness (QED) is 0.854. The van der Waals surface area contributed by atoms with E-state index in [0.29, 0.717) is 11.6 Å². The Bertz CT molecular complexity index is 395. The largest absolute Gasteiger partial charge is 0.459 e. The number of hydrogen-bond acceptors (Lipinski definition) is 3. The van der Waals surface area contributed by atoms with Gasteiger partial charge in [0.05, 0.1) is 0 Å². The van der Waals surface area contributed by atoms with Gasteiger partial charge >= 0.3 is 5.97 Å². The molecule has 1 aromatic carbocycles. The number of rotatable bonds is 4. The van der Waals surface area contributed by atoms with Gasteiger partial charge in [-0.25, -0.2) is 0 Å². The third-order valence-corrected chi connectivity index (χ3v) is 2.54. The second-order valence-corrected chi connectivity index (χ2v) is 5.70.